The number of benzene rings is 1. The first-order chi connectivity index (χ1) is 12.8. The molecule has 0 aliphatic heterocycles. The zero-order valence-corrected chi connectivity index (χ0v) is 15.1. The first-order valence-corrected chi connectivity index (χ1v) is 8.80. The Morgan fingerprint density at radius 1 is 1.07 bits per heavy atom. The summed E-state index contributed by atoms with van der Waals surface area (Å²) in [5.74, 6) is -2.10. The van der Waals surface area contributed by atoms with Crippen molar-refractivity contribution in [2.45, 2.75) is 44.6 Å². The molecule has 0 aromatic heterocycles. The van der Waals surface area contributed by atoms with E-state index in [1.807, 2.05) is 0 Å². The maximum absolute atomic E-state index is 12.1. The van der Waals surface area contributed by atoms with Crippen LogP contribution < -0.4 is 16.4 Å². The fourth-order valence-electron chi connectivity index (χ4n) is 2.54. The minimum Gasteiger partial charge on any atom is -0.504 e. The van der Waals surface area contributed by atoms with Gasteiger partial charge in [-0.1, -0.05) is 6.07 Å². The van der Waals surface area contributed by atoms with E-state index in [0.29, 0.717) is 31.4 Å². The number of unbranched alkanes of at least 4 members (excludes halogenated alkanes) is 1. The van der Waals surface area contributed by atoms with E-state index in [9.17, 15) is 24.6 Å². The smallest absolute Gasteiger partial charge is 0.305 e. The van der Waals surface area contributed by atoms with Gasteiger partial charge in [-0.2, -0.15) is 0 Å². The summed E-state index contributed by atoms with van der Waals surface area (Å²) in [4.78, 5) is 34.4. The van der Waals surface area contributed by atoms with Crippen LogP contribution >= 0.6 is 0 Å². The molecule has 0 aliphatic rings. The van der Waals surface area contributed by atoms with Crippen LogP contribution in [0.25, 0.3) is 0 Å². The van der Waals surface area contributed by atoms with E-state index in [4.69, 9.17) is 10.8 Å². The number of phenols is 2. The Morgan fingerprint density at radius 3 is 2.44 bits per heavy atom. The summed E-state index contributed by atoms with van der Waals surface area (Å²) >= 11 is 0. The van der Waals surface area contributed by atoms with Crippen LogP contribution in [0.3, 0.4) is 0 Å². The topological polar surface area (TPSA) is 162 Å². The molecular formula is C18H27N3O6. The van der Waals surface area contributed by atoms with Gasteiger partial charge in [-0.25, -0.2) is 0 Å². The first-order valence-electron chi connectivity index (χ1n) is 8.80. The fourth-order valence-corrected chi connectivity index (χ4v) is 2.54. The quantitative estimate of drug-likeness (QED) is 0.223. The van der Waals surface area contributed by atoms with Gasteiger partial charge in [-0.05, 0) is 37.0 Å². The number of phenolic OH excluding ortho intramolecular Hbond substituents is 2. The van der Waals surface area contributed by atoms with Gasteiger partial charge in [0.15, 0.2) is 11.5 Å². The Morgan fingerprint density at radius 2 is 1.81 bits per heavy atom. The van der Waals surface area contributed by atoms with Crippen molar-refractivity contribution in [3.05, 3.63) is 23.8 Å². The van der Waals surface area contributed by atoms with Crippen LogP contribution in [-0.4, -0.2) is 52.2 Å². The fraction of sp³-hybridized carbons (Fsp3) is 0.500. The molecular weight excluding hydrogens is 354 g/mol. The third-order valence-corrected chi connectivity index (χ3v) is 3.86. The highest BCUT2D eigenvalue weighted by Crippen LogP contribution is 2.25. The lowest BCUT2D eigenvalue weighted by Gasteiger charge is -2.17. The van der Waals surface area contributed by atoms with Crippen molar-refractivity contribution in [1.82, 2.24) is 10.6 Å². The van der Waals surface area contributed by atoms with Gasteiger partial charge in [-0.3, -0.25) is 14.4 Å². The molecule has 1 atom stereocenters. The van der Waals surface area contributed by atoms with Crippen molar-refractivity contribution in [3.8, 4) is 11.5 Å². The Hall–Kier alpha value is -2.81. The summed E-state index contributed by atoms with van der Waals surface area (Å²) in [6.45, 7) is 0.761. The van der Waals surface area contributed by atoms with Gasteiger partial charge < -0.3 is 31.7 Å². The number of carboxylic acids is 1. The minimum atomic E-state index is -1.01. The molecule has 2 amide bonds. The standard InChI is InChI=1S/C18H27N3O6/c19-7-6-16(24)20-8-2-1-3-13(11-18(26)27)21-17(25)10-12-4-5-14(22)15(23)9-12/h4-5,9,13,22-23H,1-3,6-8,10-11,19H2,(H,20,24)(H,21,25)(H,26,27). The van der Waals surface area contributed by atoms with Gasteiger partial charge in [0, 0.05) is 25.6 Å². The highest BCUT2D eigenvalue weighted by Gasteiger charge is 2.16. The molecule has 0 saturated carbocycles. The second kappa shape index (κ2) is 11.7. The Balaban J connectivity index is 2.43. The van der Waals surface area contributed by atoms with E-state index >= 15 is 0 Å². The zero-order chi connectivity index (χ0) is 20.2. The average Bonchev–Trinajstić information content (AvgIpc) is 2.57. The zero-order valence-electron chi connectivity index (χ0n) is 15.1. The van der Waals surface area contributed by atoms with Crippen molar-refractivity contribution in [2.75, 3.05) is 13.1 Å². The second-order valence-electron chi connectivity index (χ2n) is 6.25. The Labute approximate surface area is 157 Å². The van der Waals surface area contributed by atoms with Gasteiger partial charge in [-0.15, -0.1) is 0 Å². The number of amides is 2. The third kappa shape index (κ3) is 9.45. The normalized spacial score (nSPS) is 11.6. The summed E-state index contributed by atoms with van der Waals surface area (Å²) in [7, 11) is 0. The maximum atomic E-state index is 12.1. The number of carboxylic acid groups (broad SMARTS) is 1. The molecule has 0 fully saturated rings. The molecule has 0 spiro atoms. The molecule has 1 rings (SSSR count). The summed E-state index contributed by atoms with van der Waals surface area (Å²) < 4.78 is 0. The molecule has 0 aliphatic carbocycles. The number of hydrogen-bond donors (Lipinski definition) is 6. The summed E-state index contributed by atoms with van der Waals surface area (Å²) in [6.07, 6.45) is 1.79. The van der Waals surface area contributed by atoms with Gasteiger partial charge in [0.25, 0.3) is 0 Å². The highest BCUT2D eigenvalue weighted by atomic mass is 16.4. The van der Waals surface area contributed by atoms with Crippen molar-refractivity contribution in [2.24, 2.45) is 5.73 Å². The van der Waals surface area contributed by atoms with Crippen molar-refractivity contribution < 1.29 is 29.7 Å². The Bertz CT molecular complexity index is 650. The lowest BCUT2D eigenvalue weighted by molar-refractivity contribution is -0.137. The lowest BCUT2D eigenvalue weighted by atomic mass is 10.0. The average molecular weight is 381 g/mol. The molecule has 1 unspecified atom stereocenters. The van der Waals surface area contributed by atoms with E-state index < -0.39 is 12.0 Å². The molecule has 1 aromatic carbocycles. The van der Waals surface area contributed by atoms with Crippen LogP contribution in [0.2, 0.25) is 0 Å². The van der Waals surface area contributed by atoms with E-state index in [2.05, 4.69) is 10.6 Å². The SMILES string of the molecule is NCCC(=O)NCCCCC(CC(=O)O)NC(=O)Cc1ccc(O)c(O)c1. The van der Waals surface area contributed by atoms with Crippen LogP contribution in [0.1, 0.15) is 37.7 Å². The van der Waals surface area contributed by atoms with Crippen LogP contribution in [0.4, 0.5) is 0 Å². The number of nitrogens with one attached hydrogen (secondary N) is 2. The number of carbonyl (C=O) groups is 3. The van der Waals surface area contributed by atoms with Gasteiger partial charge in [0.2, 0.25) is 11.8 Å². The third-order valence-electron chi connectivity index (χ3n) is 3.86. The first kappa shape index (κ1) is 22.2. The summed E-state index contributed by atoms with van der Waals surface area (Å²) in [6, 6.07) is 3.54. The van der Waals surface area contributed by atoms with Crippen molar-refractivity contribution in [1.29, 1.82) is 0 Å². The van der Waals surface area contributed by atoms with Crippen LogP contribution in [0.15, 0.2) is 18.2 Å². The predicted octanol–water partition coefficient (Wildman–Crippen LogP) is 0.235. The second-order valence-corrected chi connectivity index (χ2v) is 6.25. The predicted molar refractivity (Wildman–Crippen MR) is 98.2 cm³/mol. The van der Waals surface area contributed by atoms with E-state index in [1.165, 1.54) is 18.2 Å². The molecule has 9 nitrogen and oxygen atoms in total. The van der Waals surface area contributed by atoms with E-state index in [1.54, 1.807) is 0 Å². The monoisotopic (exact) mass is 381 g/mol. The number of rotatable bonds is 12. The van der Waals surface area contributed by atoms with Gasteiger partial charge in [0.1, 0.15) is 0 Å². The minimum absolute atomic E-state index is 0.0426. The molecule has 0 radical (unpaired) electrons. The molecule has 27 heavy (non-hydrogen) atoms. The maximum Gasteiger partial charge on any atom is 0.305 e. The highest BCUT2D eigenvalue weighted by molar-refractivity contribution is 5.80. The largest absolute Gasteiger partial charge is 0.504 e. The molecule has 7 N–H and O–H groups in total. The van der Waals surface area contributed by atoms with Crippen LogP contribution in [0.5, 0.6) is 11.5 Å². The number of aliphatic carboxylic acids is 1. The molecule has 9 heteroatoms. The van der Waals surface area contributed by atoms with E-state index in [0.717, 1.165) is 0 Å². The lowest BCUT2D eigenvalue weighted by Crippen LogP contribution is -2.37. The van der Waals surface area contributed by atoms with Crippen LogP contribution in [0, 0.1) is 0 Å². The number of carbonyl (C=O) groups excluding carboxylic acids is 2. The molecule has 0 bridgehead atoms. The van der Waals surface area contributed by atoms with E-state index in [-0.39, 0.29) is 49.1 Å². The summed E-state index contributed by atoms with van der Waals surface area (Å²) in [5, 5.41) is 33.1. The molecule has 1 aromatic rings. The van der Waals surface area contributed by atoms with Gasteiger partial charge >= 0.3 is 5.97 Å². The van der Waals surface area contributed by atoms with Gasteiger partial charge in [0.05, 0.1) is 12.8 Å². The van der Waals surface area contributed by atoms with Crippen molar-refractivity contribution >= 4 is 17.8 Å². The Kier molecular flexibility index (Phi) is 9.66. The molecule has 150 valence electrons. The summed E-state index contributed by atoms with van der Waals surface area (Å²) in [5.41, 5.74) is 5.78. The molecule has 0 heterocycles. The number of hydrogen-bond acceptors (Lipinski definition) is 6. The number of aromatic hydroxyl groups is 2. The van der Waals surface area contributed by atoms with Crippen LogP contribution in [-0.2, 0) is 20.8 Å². The molecule has 0 saturated heterocycles. The van der Waals surface area contributed by atoms with Crippen molar-refractivity contribution in [3.63, 3.8) is 0 Å². The number of nitrogens with two attached hydrogens (primary N) is 1.